The van der Waals surface area contributed by atoms with E-state index >= 15 is 0 Å². The monoisotopic (exact) mass is 167 g/mol. The van der Waals surface area contributed by atoms with Gasteiger partial charge in [0.05, 0.1) is 0 Å². The van der Waals surface area contributed by atoms with Gasteiger partial charge in [-0.2, -0.15) is 0 Å². The highest BCUT2D eigenvalue weighted by Gasteiger charge is 2.34. The van der Waals surface area contributed by atoms with E-state index in [2.05, 4.69) is 5.32 Å². The standard InChI is InChI=1S/C8H9NO3/c10-6-9-8(7(11)12)4-2-1-3-5-8/h1-4,6H,5H2,(H,9,10)(H,11,12). The van der Waals surface area contributed by atoms with E-state index in [4.69, 9.17) is 5.11 Å². The molecule has 4 nitrogen and oxygen atoms in total. The maximum Gasteiger partial charge on any atom is 0.333 e. The maximum atomic E-state index is 10.8. The summed E-state index contributed by atoms with van der Waals surface area (Å²) in [5.41, 5.74) is -1.24. The molecule has 0 spiro atoms. The lowest BCUT2D eigenvalue weighted by atomic mass is 9.92. The molecule has 1 atom stereocenters. The number of rotatable bonds is 3. The predicted molar refractivity (Wildman–Crippen MR) is 42.5 cm³/mol. The van der Waals surface area contributed by atoms with Crippen LogP contribution < -0.4 is 5.32 Å². The zero-order chi connectivity index (χ0) is 9.03. The second kappa shape index (κ2) is 3.21. The fourth-order valence-corrected chi connectivity index (χ4v) is 1.05. The number of carboxylic acid groups (broad SMARTS) is 1. The summed E-state index contributed by atoms with van der Waals surface area (Å²) in [6.45, 7) is 0. The topological polar surface area (TPSA) is 66.4 Å². The van der Waals surface area contributed by atoms with E-state index < -0.39 is 11.5 Å². The molecule has 1 amide bonds. The smallest absolute Gasteiger partial charge is 0.333 e. The van der Waals surface area contributed by atoms with Crippen LogP contribution in [-0.4, -0.2) is 23.0 Å². The van der Waals surface area contributed by atoms with Crippen molar-refractivity contribution in [1.29, 1.82) is 0 Å². The summed E-state index contributed by atoms with van der Waals surface area (Å²) in [7, 11) is 0. The van der Waals surface area contributed by atoms with Crippen molar-refractivity contribution in [3.8, 4) is 0 Å². The van der Waals surface area contributed by atoms with E-state index in [-0.39, 0.29) is 6.42 Å². The van der Waals surface area contributed by atoms with Gasteiger partial charge < -0.3 is 10.4 Å². The van der Waals surface area contributed by atoms with Crippen LogP contribution in [0.4, 0.5) is 0 Å². The van der Waals surface area contributed by atoms with E-state index in [9.17, 15) is 9.59 Å². The molecule has 0 aromatic carbocycles. The van der Waals surface area contributed by atoms with Crippen LogP contribution in [0.15, 0.2) is 24.3 Å². The molecule has 4 heteroatoms. The Bertz CT molecular complexity index is 253. The SMILES string of the molecule is O=CNC1(C(=O)O)C=CC=CC1. The number of carbonyl (C=O) groups excluding carboxylic acids is 1. The molecule has 1 aliphatic carbocycles. The van der Waals surface area contributed by atoms with Crippen molar-refractivity contribution in [3.63, 3.8) is 0 Å². The summed E-state index contributed by atoms with van der Waals surface area (Å²) < 4.78 is 0. The largest absolute Gasteiger partial charge is 0.479 e. The van der Waals surface area contributed by atoms with Crippen molar-refractivity contribution in [2.75, 3.05) is 0 Å². The van der Waals surface area contributed by atoms with Gasteiger partial charge in [-0.25, -0.2) is 4.79 Å². The first kappa shape index (κ1) is 8.52. The van der Waals surface area contributed by atoms with E-state index in [1.807, 2.05) is 0 Å². The Labute approximate surface area is 69.6 Å². The predicted octanol–water partition coefficient (Wildman–Crippen LogP) is 0.0719. The Balaban J connectivity index is 2.87. The zero-order valence-electron chi connectivity index (χ0n) is 6.36. The van der Waals surface area contributed by atoms with Crippen LogP contribution >= 0.6 is 0 Å². The van der Waals surface area contributed by atoms with Crippen molar-refractivity contribution in [2.45, 2.75) is 12.0 Å². The van der Waals surface area contributed by atoms with Gasteiger partial charge >= 0.3 is 5.97 Å². The fraction of sp³-hybridized carbons (Fsp3) is 0.250. The van der Waals surface area contributed by atoms with Crippen molar-refractivity contribution < 1.29 is 14.7 Å². The number of aliphatic carboxylic acids is 1. The Kier molecular flexibility index (Phi) is 2.28. The molecule has 0 bridgehead atoms. The fourth-order valence-electron chi connectivity index (χ4n) is 1.05. The third-order valence-electron chi connectivity index (χ3n) is 1.77. The first-order valence-electron chi connectivity index (χ1n) is 3.50. The number of nitrogens with one attached hydrogen (secondary N) is 1. The molecular formula is C8H9NO3. The van der Waals surface area contributed by atoms with Crippen LogP contribution in [-0.2, 0) is 9.59 Å². The van der Waals surface area contributed by atoms with Gasteiger partial charge in [0.25, 0.3) is 0 Å². The molecule has 0 radical (unpaired) electrons. The molecule has 0 aromatic rings. The van der Waals surface area contributed by atoms with Crippen LogP contribution in [0.25, 0.3) is 0 Å². The van der Waals surface area contributed by atoms with Gasteiger partial charge in [-0.1, -0.05) is 18.2 Å². The highest BCUT2D eigenvalue weighted by Crippen LogP contribution is 2.17. The van der Waals surface area contributed by atoms with Crippen LogP contribution in [0.2, 0.25) is 0 Å². The number of carboxylic acids is 1. The Hall–Kier alpha value is -1.58. The summed E-state index contributed by atoms with van der Waals surface area (Å²) in [6.07, 6.45) is 7.20. The summed E-state index contributed by atoms with van der Waals surface area (Å²) in [5.74, 6) is -1.05. The van der Waals surface area contributed by atoms with Gasteiger partial charge in [-0.3, -0.25) is 4.79 Å². The second-order valence-corrected chi connectivity index (χ2v) is 2.53. The third-order valence-corrected chi connectivity index (χ3v) is 1.77. The van der Waals surface area contributed by atoms with Gasteiger partial charge in [0.15, 0.2) is 5.54 Å². The van der Waals surface area contributed by atoms with Gasteiger partial charge in [0.2, 0.25) is 6.41 Å². The molecule has 1 unspecified atom stereocenters. The first-order valence-corrected chi connectivity index (χ1v) is 3.50. The number of amides is 1. The minimum absolute atomic E-state index is 0.289. The van der Waals surface area contributed by atoms with Crippen molar-refractivity contribution in [2.24, 2.45) is 0 Å². The maximum absolute atomic E-state index is 10.8. The second-order valence-electron chi connectivity index (χ2n) is 2.53. The molecule has 64 valence electrons. The molecule has 2 N–H and O–H groups in total. The van der Waals surface area contributed by atoms with Crippen LogP contribution in [0.1, 0.15) is 6.42 Å². The average molecular weight is 167 g/mol. The molecule has 1 aliphatic rings. The minimum Gasteiger partial charge on any atom is -0.479 e. The van der Waals surface area contributed by atoms with Gasteiger partial charge in [-0.15, -0.1) is 0 Å². The highest BCUT2D eigenvalue weighted by molar-refractivity contribution is 5.84. The highest BCUT2D eigenvalue weighted by atomic mass is 16.4. The lowest BCUT2D eigenvalue weighted by Gasteiger charge is -2.25. The molecule has 0 fully saturated rings. The molecule has 0 saturated carbocycles. The average Bonchev–Trinajstić information content (AvgIpc) is 2.06. The van der Waals surface area contributed by atoms with Crippen LogP contribution in [0, 0.1) is 0 Å². The molecule has 0 aliphatic heterocycles. The van der Waals surface area contributed by atoms with Crippen LogP contribution in [0.3, 0.4) is 0 Å². The summed E-state index contributed by atoms with van der Waals surface area (Å²) in [5, 5.41) is 11.1. The molecule has 0 aromatic heterocycles. The summed E-state index contributed by atoms with van der Waals surface area (Å²) in [4.78, 5) is 20.9. The molecular weight excluding hydrogens is 158 g/mol. The van der Waals surface area contributed by atoms with Gasteiger partial charge in [0, 0.05) is 6.42 Å². The van der Waals surface area contributed by atoms with Crippen molar-refractivity contribution in [3.05, 3.63) is 24.3 Å². The van der Waals surface area contributed by atoms with Crippen LogP contribution in [0.5, 0.6) is 0 Å². The minimum atomic E-state index is -1.24. The number of hydrogen-bond donors (Lipinski definition) is 2. The normalized spacial score (nSPS) is 26.7. The zero-order valence-corrected chi connectivity index (χ0v) is 6.36. The molecule has 0 heterocycles. The quantitative estimate of drug-likeness (QED) is 0.584. The van der Waals surface area contributed by atoms with Gasteiger partial charge in [-0.05, 0) is 6.08 Å². The Morgan fingerprint density at radius 3 is 2.75 bits per heavy atom. The molecule has 1 rings (SSSR count). The lowest BCUT2D eigenvalue weighted by molar-refractivity contribution is -0.143. The first-order chi connectivity index (χ1) is 5.71. The number of hydrogen-bond acceptors (Lipinski definition) is 2. The van der Waals surface area contributed by atoms with E-state index in [1.165, 1.54) is 6.08 Å². The third kappa shape index (κ3) is 1.37. The number of allylic oxidation sites excluding steroid dienone is 2. The Morgan fingerprint density at radius 1 is 1.58 bits per heavy atom. The van der Waals surface area contributed by atoms with Crippen molar-refractivity contribution in [1.82, 2.24) is 5.32 Å². The number of carbonyl (C=O) groups is 2. The van der Waals surface area contributed by atoms with E-state index in [1.54, 1.807) is 18.2 Å². The van der Waals surface area contributed by atoms with Gasteiger partial charge in [0.1, 0.15) is 0 Å². The van der Waals surface area contributed by atoms with Crippen molar-refractivity contribution >= 4 is 12.4 Å². The lowest BCUT2D eigenvalue weighted by Crippen LogP contribution is -2.50. The van der Waals surface area contributed by atoms with E-state index in [0.717, 1.165) is 0 Å². The summed E-state index contributed by atoms with van der Waals surface area (Å²) >= 11 is 0. The molecule has 12 heavy (non-hydrogen) atoms. The molecule has 0 saturated heterocycles. The van der Waals surface area contributed by atoms with E-state index in [0.29, 0.717) is 6.41 Å². The summed E-state index contributed by atoms with van der Waals surface area (Å²) in [6, 6.07) is 0. The Morgan fingerprint density at radius 2 is 2.33 bits per heavy atom.